The van der Waals surface area contributed by atoms with Crippen LogP contribution in [0.15, 0.2) is 46.9 Å². The second-order valence-corrected chi connectivity index (χ2v) is 9.88. The maximum absolute atomic E-state index is 12.9. The van der Waals surface area contributed by atoms with Crippen LogP contribution in [0.25, 0.3) is 6.08 Å². The summed E-state index contributed by atoms with van der Waals surface area (Å²) in [4.78, 5) is 24.5. The van der Waals surface area contributed by atoms with Crippen LogP contribution in [0.2, 0.25) is 5.02 Å². The molecule has 11 nitrogen and oxygen atoms in total. The van der Waals surface area contributed by atoms with Crippen LogP contribution in [-0.4, -0.2) is 64.3 Å². The van der Waals surface area contributed by atoms with E-state index in [1.54, 1.807) is 24.3 Å². The first-order chi connectivity index (χ1) is 17.3. The van der Waals surface area contributed by atoms with E-state index in [9.17, 15) is 23.3 Å². The fraction of sp³-hybridized carbons (Fsp3) is 0.261. The number of carbonyl (C=O) groups excluding carboxylic acids is 2. The predicted octanol–water partition coefficient (Wildman–Crippen LogP) is 2.18. The van der Waals surface area contributed by atoms with E-state index in [-0.39, 0.29) is 54.3 Å². The normalized spacial score (nSPS) is 15.7. The van der Waals surface area contributed by atoms with Crippen LogP contribution in [0.1, 0.15) is 5.56 Å². The zero-order valence-corrected chi connectivity index (χ0v) is 20.3. The molecule has 1 amide bonds. The highest BCUT2D eigenvalue weighted by Crippen LogP contribution is 2.33. The number of halogens is 1. The van der Waals surface area contributed by atoms with Gasteiger partial charge < -0.3 is 24.3 Å². The molecule has 4 rings (SSSR count). The second-order valence-electron chi connectivity index (χ2n) is 7.57. The number of amides is 1. The first-order valence-corrected chi connectivity index (χ1v) is 12.5. The molecule has 1 fully saturated rings. The van der Waals surface area contributed by atoms with Gasteiger partial charge in [-0.3, -0.25) is 4.79 Å². The summed E-state index contributed by atoms with van der Waals surface area (Å²) in [5.74, 6) is -0.711. The summed E-state index contributed by atoms with van der Waals surface area (Å²) in [5, 5.41) is 11.8. The van der Waals surface area contributed by atoms with Gasteiger partial charge >= 0.3 is 5.97 Å². The minimum absolute atomic E-state index is 0.00163. The Labute approximate surface area is 211 Å². The fourth-order valence-corrected chi connectivity index (χ4v) is 5.33. The number of ether oxygens (including phenoxy) is 4. The van der Waals surface area contributed by atoms with Crippen molar-refractivity contribution in [1.82, 2.24) is 4.31 Å². The number of nitriles is 1. The summed E-state index contributed by atoms with van der Waals surface area (Å²) in [7, 11) is -3.90. The number of benzene rings is 2. The molecule has 2 aromatic carbocycles. The molecule has 0 aliphatic carbocycles. The number of esters is 1. The van der Waals surface area contributed by atoms with Gasteiger partial charge in [0, 0.05) is 18.8 Å². The van der Waals surface area contributed by atoms with Gasteiger partial charge in [-0.05, 0) is 42.0 Å². The second kappa shape index (κ2) is 11.0. The van der Waals surface area contributed by atoms with Gasteiger partial charge in [-0.25, -0.2) is 13.2 Å². The lowest BCUT2D eigenvalue weighted by molar-refractivity contribution is -0.142. The van der Waals surface area contributed by atoms with E-state index in [0.717, 1.165) is 0 Å². The highest BCUT2D eigenvalue weighted by atomic mass is 35.5. The van der Waals surface area contributed by atoms with Crippen LogP contribution in [-0.2, 0) is 29.1 Å². The van der Waals surface area contributed by atoms with Crippen molar-refractivity contribution in [3.63, 3.8) is 0 Å². The highest BCUT2D eigenvalue weighted by molar-refractivity contribution is 7.89. The minimum Gasteiger partial charge on any atom is -0.454 e. The Bertz CT molecular complexity index is 1360. The molecule has 0 aromatic heterocycles. The topological polar surface area (TPSA) is 144 Å². The lowest BCUT2D eigenvalue weighted by atomic mass is 10.1. The summed E-state index contributed by atoms with van der Waals surface area (Å²) in [6.45, 7) is 0.295. The minimum atomic E-state index is -3.90. The van der Waals surface area contributed by atoms with Gasteiger partial charge in [-0.2, -0.15) is 9.57 Å². The molecule has 1 N–H and O–H groups in total. The molecule has 0 bridgehead atoms. The van der Waals surface area contributed by atoms with Gasteiger partial charge in [0.05, 0.1) is 18.2 Å². The number of fused-ring (bicyclic) bond motifs is 1. The maximum atomic E-state index is 12.9. The average Bonchev–Trinajstić information content (AvgIpc) is 3.35. The third-order valence-electron chi connectivity index (χ3n) is 5.19. The molecule has 188 valence electrons. The standard InChI is InChI=1S/C23H20ClN3O8S/c24-18-3-2-17(11-21(18)36(30,31)27-5-7-32-8-6-27)26-22(28)13-33-23(29)16(12-25)9-15-1-4-19-20(10-15)35-14-34-19/h1-4,9-11H,5-8,13-14H2,(H,26,28)/b16-9+. The zero-order valence-electron chi connectivity index (χ0n) is 18.7. The largest absolute Gasteiger partial charge is 0.454 e. The smallest absolute Gasteiger partial charge is 0.349 e. The Morgan fingerprint density at radius 2 is 1.89 bits per heavy atom. The van der Waals surface area contributed by atoms with Crippen molar-refractivity contribution in [2.45, 2.75) is 4.90 Å². The molecule has 0 spiro atoms. The number of rotatable bonds is 7. The first-order valence-electron chi connectivity index (χ1n) is 10.6. The van der Waals surface area contributed by atoms with Crippen molar-refractivity contribution in [3.05, 3.63) is 52.6 Å². The number of sulfonamides is 1. The Kier molecular flexibility index (Phi) is 7.76. The van der Waals surface area contributed by atoms with Gasteiger partial charge in [0.25, 0.3) is 5.91 Å². The van der Waals surface area contributed by atoms with Crippen molar-refractivity contribution in [1.29, 1.82) is 5.26 Å². The summed E-state index contributed by atoms with van der Waals surface area (Å²) in [6.07, 6.45) is 1.30. The number of nitrogens with zero attached hydrogens (tertiary/aromatic N) is 2. The van der Waals surface area contributed by atoms with Crippen LogP contribution in [0.4, 0.5) is 5.69 Å². The monoisotopic (exact) mass is 533 g/mol. The van der Waals surface area contributed by atoms with E-state index in [2.05, 4.69) is 5.32 Å². The van der Waals surface area contributed by atoms with Gasteiger partial charge in [0.2, 0.25) is 16.8 Å². The molecular formula is C23H20ClN3O8S. The number of anilines is 1. The van der Waals surface area contributed by atoms with E-state index in [1.165, 1.54) is 28.6 Å². The molecule has 2 heterocycles. The van der Waals surface area contributed by atoms with Crippen LogP contribution >= 0.6 is 11.6 Å². The Balaban J connectivity index is 1.39. The summed E-state index contributed by atoms with van der Waals surface area (Å²) < 4.78 is 47.7. The molecule has 0 unspecified atom stereocenters. The summed E-state index contributed by atoms with van der Waals surface area (Å²) in [6, 6.07) is 10.6. The van der Waals surface area contributed by atoms with Crippen molar-refractivity contribution in [2.24, 2.45) is 0 Å². The fourth-order valence-electron chi connectivity index (χ4n) is 3.42. The first kappa shape index (κ1) is 25.5. The molecule has 36 heavy (non-hydrogen) atoms. The molecule has 2 aliphatic heterocycles. The van der Waals surface area contributed by atoms with Gasteiger partial charge in [-0.15, -0.1) is 0 Å². The quantitative estimate of drug-likeness (QED) is 0.321. The summed E-state index contributed by atoms with van der Waals surface area (Å²) >= 11 is 6.12. The Morgan fingerprint density at radius 3 is 2.64 bits per heavy atom. The molecule has 0 saturated carbocycles. The number of morpholine rings is 1. The molecule has 2 aromatic rings. The van der Waals surface area contributed by atoms with Gasteiger partial charge in [-0.1, -0.05) is 17.7 Å². The van der Waals surface area contributed by atoms with Crippen LogP contribution < -0.4 is 14.8 Å². The van der Waals surface area contributed by atoms with Crippen LogP contribution in [0, 0.1) is 11.3 Å². The number of hydrogen-bond acceptors (Lipinski definition) is 9. The Hall–Kier alpha value is -3.63. The van der Waals surface area contributed by atoms with Crippen molar-refractivity contribution in [3.8, 4) is 17.6 Å². The van der Waals surface area contributed by atoms with Gasteiger partial charge in [0.1, 0.15) is 16.5 Å². The van der Waals surface area contributed by atoms with E-state index < -0.39 is 28.5 Å². The van der Waals surface area contributed by atoms with Crippen LogP contribution in [0.3, 0.4) is 0 Å². The third kappa shape index (κ3) is 5.77. The maximum Gasteiger partial charge on any atom is 0.349 e. The molecule has 0 atom stereocenters. The molecule has 0 radical (unpaired) electrons. The third-order valence-corrected chi connectivity index (χ3v) is 7.57. The number of hydrogen-bond donors (Lipinski definition) is 1. The Morgan fingerprint density at radius 1 is 1.14 bits per heavy atom. The lowest BCUT2D eigenvalue weighted by Gasteiger charge is -2.26. The van der Waals surface area contributed by atoms with E-state index in [1.807, 2.05) is 0 Å². The number of carbonyl (C=O) groups is 2. The average molecular weight is 534 g/mol. The molecule has 2 aliphatic rings. The molecule has 1 saturated heterocycles. The van der Waals surface area contributed by atoms with Crippen molar-refractivity contribution in [2.75, 3.05) is 45.0 Å². The van der Waals surface area contributed by atoms with E-state index >= 15 is 0 Å². The lowest BCUT2D eigenvalue weighted by Crippen LogP contribution is -2.40. The van der Waals surface area contributed by atoms with E-state index in [0.29, 0.717) is 17.1 Å². The predicted molar refractivity (Wildman–Crippen MR) is 127 cm³/mol. The number of nitrogens with one attached hydrogen (secondary N) is 1. The van der Waals surface area contributed by atoms with Crippen molar-refractivity contribution < 1.29 is 37.0 Å². The SMILES string of the molecule is N#C/C(=C\c1ccc2c(c1)OCO2)C(=O)OCC(=O)Nc1ccc(Cl)c(S(=O)(=O)N2CCOCC2)c1. The van der Waals surface area contributed by atoms with Crippen LogP contribution in [0.5, 0.6) is 11.5 Å². The highest BCUT2D eigenvalue weighted by Gasteiger charge is 2.28. The molecule has 13 heteroatoms. The van der Waals surface area contributed by atoms with Gasteiger partial charge in [0.15, 0.2) is 18.1 Å². The molecular weight excluding hydrogens is 514 g/mol. The zero-order chi connectivity index (χ0) is 25.7. The van der Waals surface area contributed by atoms with E-state index in [4.69, 9.17) is 30.5 Å². The summed E-state index contributed by atoms with van der Waals surface area (Å²) in [5.41, 5.74) is 0.322. The van der Waals surface area contributed by atoms with Crippen molar-refractivity contribution >= 4 is 45.3 Å².